The Hall–Kier alpha value is -3.36. The molecule has 2 aliphatic heterocycles. The summed E-state index contributed by atoms with van der Waals surface area (Å²) in [5.41, 5.74) is 1.67. The third-order valence-electron chi connectivity index (χ3n) is 4.98. The van der Waals surface area contributed by atoms with E-state index in [1.807, 2.05) is 6.92 Å². The number of hydrogen-bond donors (Lipinski definition) is 1. The van der Waals surface area contributed by atoms with Crippen LogP contribution in [0.5, 0.6) is 11.5 Å². The van der Waals surface area contributed by atoms with Crippen molar-refractivity contribution >= 4 is 17.4 Å². The van der Waals surface area contributed by atoms with E-state index in [4.69, 9.17) is 14.5 Å². The van der Waals surface area contributed by atoms with Gasteiger partial charge in [-0.2, -0.15) is 5.10 Å². The van der Waals surface area contributed by atoms with E-state index in [-0.39, 0.29) is 30.9 Å². The predicted octanol–water partition coefficient (Wildman–Crippen LogP) is 1.78. The zero-order valence-corrected chi connectivity index (χ0v) is 15.2. The van der Waals surface area contributed by atoms with E-state index in [0.29, 0.717) is 41.7 Å². The standard InChI is InChI=1S/C19H18FN5O3/c1-11-10-28-16-9-25-17-14(7-22-25)19(26)21-4-5-27-15-6-13(20)3-2-12(15)8-24(11)18(16)23-17/h2-3,6-7,9,11H,4-5,8,10H2,1H3,(H,21,26)/t11-/m1/s1. The monoisotopic (exact) mass is 383 g/mol. The van der Waals surface area contributed by atoms with Gasteiger partial charge in [0.2, 0.25) is 0 Å². The van der Waals surface area contributed by atoms with Gasteiger partial charge in [0.25, 0.3) is 5.91 Å². The molecule has 9 heteroatoms. The van der Waals surface area contributed by atoms with Crippen LogP contribution >= 0.6 is 0 Å². The minimum absolute atomic E-state index is 0.0330. The molecule has 8 nitrogen and oxygen atoms in total. The molecule has 1 amide bonds. The Labute approximate surface area is 159 Å². The summed E-state index contributed by atoms with van der Waals surface area (Å²) in [7, 11) is 0. The molecule has 0 saturated heterocycles. The smallest absolute Gasteiger partial charge is 0.256 e. The Morgan fingerprint density at radius 1 is 1.29 bits per heavy atom. The lowest BCUT2D eigenvalue weighted by Crippen LogP contribution is -2.41. The lowest BCUT2D eigenvalue weighted by molar-refractivity contribution is 0.0948. The summed E-state index contributed by atoms with van der Waals surface area (Å²) in [5, 5.41) is 7.02. The number of ether oxygens (including phenoxy) is 2. The van der Waals surface area contributed by atoms with Crippen molar-refractivity contribution in [2.75, 3.05) is 24.7 Å². The summed E-state index contributed by atoms with van der Waals surface area (Å²) >= 11 is 0. The van der Waals surface area contributed by atoms with Crippen LogP contribution in [-0.4, -0.2) is 46.3 Å². The fourth-order valence-corrected chi connectivity index (χ4v) is 3.49. The minimum atomic E-state index is -0.370. The van der Waals surface area contributed by atoms with Crippen molar-refractivity contribution in [3.8, 4) is 11.5 Å². The van der Waals surface area contributed by atoms with Crippen LogP contribution in [0.1, 0.15) is 22.8 Å². The fraction of sp³-hybridized carbons (Fsp3) is 0.316. The number of benzene rings is 1. The lowest BCUT2D eigenvalue weighted by atomic mass is 10.1. The van der Waals surface area contributed by atoms with Crippen molar-refractivity contribution < 1.29 is 18.7 Å². The van der Waals surface area contributed by atoms with Gasteiger partial charge in [-0.25, -0.2) is 13.9 Å². The van der Waals surface area contributed by atoms with E-state index in [1.165, 1.54) is 18.3 Å². The van der Waals surface area contributed by atoms with Gasteiger partial charge in [-0.1, -0.05) is 6.07 Å². The number of aromatic nitrogens is 3. The van der Waals surface area contributed by atoms with Crippen molar-refractivity contribution in [1.29, 1.82) is 0 Å². The summed E-state index contributed by atoms with van der Waals surface area (Å²) in [5.74, 6) is 1.000. The van der Waals surface area contributed by atoms with E-state index in [2.05, 4.69) is 15.3 Å². The topological polar surface area (TPSA) is 81.0 Å². The number of amides is 1. The van der Waals surface area contributed by atoms with E-state index < -0.39 is 0 Å². The molecule has 0 unspecified atom stereocenters. The summed E-state index contributed by atoms with van der Waals surface area (Å²) < 4.78 is 26.9. The molecule has 1 atom stereocenters. The molecule has 4 heterocycles. The van der Waals surface area contributed by atoms with Gasteiger partial charge < -0.3 is 19.7 Å². The van der Waals surface area contributed by atoms with Crippen LogP contribution in [-0.2, 0) is 6.54 Å². The zero-order valence-electron chi connectivity index (χ0n) is 15.2. The van der Waals surface area contributed by atoms with E-state index in [0.717, 1.165) is 5.56 Å². The van der Waals surface area contributed by atoms with E-state index in [9.17, 15) is 9.18 Å². The van der Waals surface area contributed by atoms with Crippen molar-refractivity contribution in [3.05, 3.63) is 47.5 Å². The molecular weight excluding hydrogens is 365 g/mol. The van der Waals surface area contributed by atoms with Crippen LogP contribution in [0.15, 0.2) is 30.6 Å². The normalized spacial score (nSPS) is 19.0. The Morgan fingerprint density at radius 2 is 2.18 bits per heavy atom. The second-order valence-electron chi connectivity index (χ2n) is 6.90. The number of carbonyl (C=O) groups excluding carboxylic acids is 1. The molecular formula is C19H18FN5O3. The molecule has 1 aromatic carbocycles. The van der Waals surface area contributed by atoms with E-state index in [1.54, 1.807) is 16.8 Å². The maximum Gasteiger partial charge on any atom is 0.256 e. The number of fused-ring (bicyclic) bond motifs is 1. The Kier molecular flexibility index (Phi) is 3.81. The van der Waals surface area contributed by atoms with E-state index >= 15 is 0 Å². The summed E-state index contributed by atoms with van der Waals surface area (Å²) in [6, 6.07) is 4.53. The van der Waals surface area contributed by atoms with Crippen LogP contribution in [0.3, 0.4) is 0 Å². The number of halogens is 1. The minimum Gasteiger partial charge on any atom is -0.491 e. The second kappa shape index (κ2) is 6.36. The van der Waals surface area contributed by atoms with Gasteiger partial charge in [0, 0.05) is 18.2 Å². The molecule has 0 aliphatic carbocycles. The Bertz CT molecular complexity index is 1080. The maximum absolute atomic E-state index is 13.8. The average Bonchev–Trinajstić information content (AvgIpc) is 3.10. The number of nitrogens with one attached hydrogen (secondary N) is 1. The van der Waals surface area contributed by atoms with Crippen molar-refractivity contribution in [2.45, 2.75) is 19.5 Å². The van der Waals surface area contributed by atoms with Crippen LogP contribution in [0.25, 0.3) is 5.65 Å². The first-order valence-corrected chi connectivity index (χ1v) is 9.07. The maximum atomic E-state index is 13.8. The molecule has 5 rings (SSSR count). The highest BCUT2D eigenvalue weighted by atomic mass is 19.1. The molecule has 0 radical (unpaired) electrons. The molecule has 0 fully saturated rings. The van der Waals surface area contributed by atoms with Crippen molar-refractivity contribution in [3.63, 3.8) is 0 Å². The molecule has 2 aliphatic rings. The number of anilines is 1. The fourth-order valence-electron chi connectivity index (χ4n) is 3.49. The molecule has 2 aromatic heterocycles. The lowest BCUT2D eigenvalue weighted by Gasteiger charge is -2.36. The highest BCUT2D eigenvalue weighted by Gasteiger charge is 2.29. The molecule has 3 aromatic rings. The van der Waals surface area contributed by atoms with Crippen molar-refractivity contribution in [1.82, 2.24) is 19.9 Å². The Morgan fingerprint density at radius 3 is 3.07 bits per heavy atom. The van der Waals surface area contributed by atoms with Gasteiger partial charge in [-0.15, -0.1) is 0 Å². The average molecular weight is 383 g/mol. The van der Waals surface area contributed by atoms with Crippen molar-refractivity contribution in [2.24, 2.45) is 0 Å². The Balaban J connectivity index is 1.68. The molecule has 1 N–H and O–H groups in total. The summed E-state index contributed by atoms with van der Waals surface area (Å²) in [4.78, 5) is 19.3. The number of carbonyl (C=O) groups is 1. The molecule has 28 heavy (non-hydrogen) atoms. The van der Waals surface area contributed by atoms with Crippen LogP contribution in [0.2, 0.25) is 0 Å². The van der Waals surface area contributed by atoms with Gasteiger partial charge in [-0.3, -0.25) is 4.79 Å². The van der Waals surface area contributed by atoms with Gasteiger partial charge in [0.15, 0.2) is 17.2 Å². The van der Waals surface area contributed by atoms with Crippen LogP contribution in [0.4, 0.5) is 10.2 Å². The highest BCUT2D eigenvalue weighted by molar-refractivity contribution is 5.99. The van der Waals surface area contributed by atoms with Crippen LogP contribution in [0, 0.1) is 5.82 Å². The highest BCUT2D eigenvalue weighted by Crippen LogP contribution is 2.35. The largest absolute Gasteiger partial charge is 0.491 e. The second-order valence-corrected chi connectivity index (χ2v) is 6.90. The third kappa shape index (κ3) is 2.70. The van der Waals surface area contributed by atoms with Gasteiger partial charge in [0.05, 0.1) is 25.0 Å². The zero-order chi connectivity index (χ0) is 19.3. The molecule has 2 bridgehead atoms. The first-order valence-electron chi connectivity index (χ1n) is 9.07. The predicted molar refractivity (Wildman–Crippen MR) is 98.4 cm³/mol. The quantitative estimate of drug-likeness (QED) is 0.637. The molecule has 0 saturated carbocycles. The van der Waals surface area contributed by atoms with Gasteiger partial charge in [-0.05, 0) is 13.0 Å². The first kappa shape index (κ1) is 16.8. The third-order valence-corrected chi connectivity index (χ3v) is 4.98. The first-order chi connectivity index (χ1) is 13.6. The summed E-state index contributed by atoms with van der Waals surface area (Å²) in [6.45, 7) is 3.48. The molecule has 144 valence electrons. The van der Waals surface area contributed by atoms with Gasteiger partial charge in [0.1, 0.15) is 30.3 Å². The van der Waals surface area contributed by atoms with Crippen LogP contribution < -0.4 is 19.7 Å². The number of hydrogen-bond acceptors (Lipinski definition) is 6. The summed E-state index contributed by atoms with van der Waals surface area (Å²) in [6.07, 6.45) is 3.22. The number of rotatable bonds is 0. The van der Waals surface area contributed by atoms with Gasteiger partial charge >= 0.3 is 0 Å². The number of nitrogens with zero attached hydrogens (tertiary/aromatic N) is 4. The SMILES string of the molecule is C[C@@H]1COc2cn3ncc4c3nc2N1Cc1ccc(F)cc1OCCNC4=O. The molecule has 0 spiro atoms.